The third-order valence-corrected chi connectivity index (χ3v) is 4.88. The molecule has 0 aliphatic carbocycles. The third-order valence-electron chi connectivity index (χ3n) is 4.88. The second kappa shape index (κ2) is 6.62. The molecule has 2 aromatic carbocycles. The number of hydrogen-bond acceptors (Lipinski definition) is 3. The molecule has 2 aliphatic heterocycles. The highest BCUT2D eigenvalue weighted by Crippen LogP contribution is 2.31. The number of benzene rings is 2. The van der Waals surface area contributed by atoms with Crippen molar-refractivity contribution in [1.82, 2.24) is 9.80 Å². The lowest BCUT2D eigenvalue weighted by Crippen LogP contribution is -2.42. The summed E-state index contributed by atoms with van der Waals surface area (Å²) < 4.78 is 0. The number of carbonyl (C=O) groups is 1. The standard InChI is InChI=1S/C21H22N2O/c24-21(18-10-5-2-6-11-18)19-15-22(14-17-8-3-1-4-9-17)16-23-13-7-12-20(19)23/h1-6,8-11H,7,12-16H2. The smallest absolute Gasteiger partial charge is 0.192 e. The van der Waals surface area contributed by atoms with Gasteiger partial charge in [0.1, 0.15) is 0 Å². The largest absolute Gasteiger partial charge is 0.361 e. The van der Waals surface area contributed by atoms with Crippen molar-refractivity contribution in [2.24, 2.45) is 0 Å². The maximum absolute atomic E-state index is 13.0. The molecule has 3 heteroatoms. The molecular formula is C21H22N2O. The molecule has 122 valence electrons. The molecule has 2 aliphatic rings. The fourth-order valence-electron chi connectivity index (χ4n) is 3.75. The van der Waals surface area contributed by atoms with Crippen LogP contribution in [0, 0.1) is 0 Å². The summed E-state index contributed by atoms with van der Waals surface area (Å²) in [5, 5.41) is 0. The summed E-state index contributed by atoms with van der Waals surface area (Å²) in [6, 6.07) is 20.2. The van der Waals surface area contributed by atoms with E-state index >= 15 is 0 Å². The molecule has 2 heterocycles. The highest BCUT2D eigenvalue weighted by Gasteiger charge is 2.31. The van der Waals surface area contributed by atoms with Gasteiger partial charge >= 0.3 is 0 Å². The van der Waals surface area contributed by atoms with Gasteiger partial charge in [-0.2, -0.15) is 0 Å². The van der Waals surface area contributed by atoms with Crippen molar-refractivity contribution in [3.8, 4) is 0 Å². The maximum atomic E-state index is 13.0. The lowest BCUT2D eigenvalue weighted by Gasteiger charge is -2.36. The summed E-state index contributed by atoms with van der Waals surface area (Å²) in [6.45, 7) is 3.62. The van der Waals surface area contributed by atoms with Crippen molar-refractivity contribution in [3.05, 3.63) is 83.1 Å². The lowest BCUT2D eigenvalue weighted by molar-refractivity contribution is 0.0976. The Morgan fingerprint density at radius 3 is 2.42 bits per heavy atom. The molecule has 0 N–H and O–H groups in total. The van der Waals surface area contributed by atoms with Gasteiger partial charge in [-0.15, -0.1) is 0 Å². The van der Waals surface area contributed by atoms with Gasteiger partial charge in [0.2, 0.25) is 0 Å². The normalized spacial score (nSPS) is 17.9. The van der Waals surface area contributed by atoms with Crippen LogP contribution in [-0.2, 0) is 6.54 Å². The van der Waals surface area contributed by atoms with E-state index in [-0.39, 0.29) is 5.78 Å². The zero-order chi connectivity index (χ0) is 16.4. The highest BCUT2D eigenvalue weighted by atomic mass is 16.1. The predicted molar refractivity (Wildman–Crippen MR) is 95.5 cm³/mol. The van der Waals surface area contributed by atoms with Gasteiger partial charge in [0.05, 0.1) is 6.67 Å². The summed E-state index contributed by atoms with van der Waals surface area (Å²) in [6.07, 6.45) is 2.19. The Balaban J connectivity index is 1.60. The van der Waals surface area contributed by atoms with E-state index < -0.39 is 0 Å². The molecule has 1 fully saturated rings. The zero-order valence-corrected chi connectivity index (χ0v) is 13.8. The lowest BCUT2D eigenvalue weighted by atomic mass is 9.98. The van der Waals surface area contributed by atoms with E-state index in [1.807, 2.05) is 36.4 Å². The van der Waals surface area contributed by atoms with Crippen molar-refractivity contribution in [2.75, 3.05) is 19.8 Å². The summed E-state index contributed by atoms with van der Waals surface area (Å²) in [5.74, 6) is 0.190. The van der Waals surface area contributed by atoms with Gasteiger partial charge in [-0.3, -0.25) is 9.69 Å². The first-order valence-corrected chi connectivity index (χ1v) is 8.64. The van der Waals surface area contributed by atoms with Gasteiger partial charge in [-0.05, 0) is 18.4 Å². The van der Waals surface area contributed by atoms with Crippen LogP contribution in [0.5, 0.6) is 0 Å². The topological polar surface area (TPSA) is 23.6 Å². The number of allylic oxidation sites excluding steroid dienone is 1. The fraction of sp³-hybridized carbons (Fsp3) is 0.286. The fourth-order valence-corrected chi connectivity index (χ4v) is 3.75. The molecule has 4 rings (SSSR count). The van der Waals surface area contributed by atoms with Crippen LogP contribution >= 0.6 is 0 Å². The minimum absolute atomic E-state index is 0.190. The molecule has 3 nitrogen and oxygen atoms in total. The van der Waals surface area contributed by atoms with E-state index in [0.29, 0.717) is 0 Å². The van der Waals surface area contributed by atoms with E-state index in [1.54, 1.807) is 0 Å². The van der Waals surface area contributed by atoms with Gasteiger partial charge < -0.3 is 4.90 Å². The van der Waals surface area contributed by atoms with Crippen LogP contribution in [0.3, 0.4) is 0 Å². The molecule has 24 heavy (non-hydrogen) atoms. The Kier molecular flexibility index (Phi) is 4.18. The third kappa shape index (κ3) is 3.00. The number of fused-ring (bicyclic) bond motifs is 1. The monoisotopic (exact) mass is 318 g/mol. The van der Waals surface area contributed by atoms with Crippen LogP contribution in [-0.4, -0.2) is 35.3 Å². The van der Waals surface area contributed by atoms with Crippen molar-refractivity contribution >= 4 is 5.78 Å². The van der Waals surface area contributed by atoms with E-state index in [4.69, 9.17) is 0 Å². The zero-order valence-electron chi connectivity index (χ0n) is 13.8. The first-order valence-electron chi connectivity index (χ1n) is 8.64. The van der Waals surface area contributed by atoms with E-state index in [0.717, 1.165) is 50.3 Å². The van der Waals surface area contributed by atoms with Crippen molar-refractivity contribution < 1.29 is 4.79 Å². The Bertz CT molecular complexity index is 752. The first-order chi connectivity index (χ1) is 11.8. The SMILES string of the molecule is O=C(C1=C2CCCN2CN(Cc2ccccc2)C1)c1ccccc1. The van der Waals surface area contributed by atoms with E-state index in [1.165, 1.54) is 11.3 Å². The molecule has 0 amide bonds. The minimum Gasteiger partial charge on any atom is -0.361 e. The summed E-state index contributed by atoms with van der Waals surface area (Å²) in [5.41, 5.74) is 4.36. The first kappa shape index (κ1) is 15.2. The van der Waals surface area contributed by atoms with Gasteiger partial charge in [0.15, 0.2) is 5.78 Å². The maximum Gasteiger partial charge on any atom is 0.192 e. The molecule has 0 spiro atoms. The van der Waals surface area contributed by atoms with Crippen LogP contribution in [0.15, 0.2) is 71.9 Å². The Labute approximate surface area is 143 Å². The minimum atomic E-state index is 0.190. The van der Waals surface area contributed by atoms with E-state index in [9.17, 15) is 4.79 Å². The van der Waals surface area contributed by atoms with Crippen molar-refractivity contribution in [3.63, 3.8) is 0 Å². The summed E-state index contributed by atoms with van der Waals surface area (Å²) in [4.78, 5) is 17.8. The van der Waals surface area contributed by atoms with Crippen LogP contribution < -0.4 is 0 Å². The number of carbonyl (C=O) groups excluding carboxylic acids is 1. The van der Waals surface area contributed by atoms with Crippen LogP contribution in [0.2, 0.25) is 0 Å². The average Bonchev–Trinajstić information content (AvgIpc) is 3.10. The molecule has 2 aromatic rings. The van der Waals surface area contributed by atoms with Crippen molar-refractivity contribution in [2.45, 2.75) is 19.4 Å². The molecule has 0 bridgehead atoms. The number of nitrogens with zero attached hydrogens (tertiary/aromatic N) is 2. The molecular weight excluding hydrogens is 296 g/mol. The Hall–Kier alpha value is -2.39. The van der Waals surface area contributed by atoms with Gasteiger partial charge in [0, 0.05) is 36.5 Å². The number of hydrogen-bond donors (Lipinski definition) is 0. The second-order valence-electron chi connectivity index (χ2n) is 6.60. The molecule has 0 radical (unpaired) electrons. The predicted octanol–water partition coefficient (Wildman–Crippen LogP) is 3.69. The molecule has 0 aromatic heterocycles. The Morgan fingerprint density at radius 1 is 0.958 bits per heavy atom. The van der Waals surface area contributed by atoms with Gasteiger partial charge in [0.25, 0.3) is 0 Å². The number of Topliss-reactive ketones (excluding diaryl/α,β-unsaturated/α-hetero) is 1. The van der Waals surface area contributed by atoms with Crippen molar-refractivity contribution in [1.29, 1.82) is 0 Å². The van der Waals surface area contributed by atoms with Crippen LogP contribution in [0.25, 0.3) is 0 Å². The molecule has 0 unspecified atom stereocenters. The average molecular weight is 318 g/mol. The second-order valence-corrected chi connectivity index (χ2v) is 6.60. The molecule has 0 atom stereocenters. The summed E-state index contributed by atoms with van der Waals surface area (Å²) >= 11 is 0. The van der Waals surface area contributed by atoms with Crippen LogP contribution in [0.1, 0.15) is 28.8 Å². The van der Waals surface area contributed by atoms with Gasteiger partial charge in [-0.1, -0.05) is 60.7 Å². The molecule has 1 saturated heterocycles. The highest BCUT2D eigenvalue weighted by molar-refractivity contribution is 6.09. The number of ketones is 1. The van der Waals surface area contributed by atoms with E-state index in [2.05, 4.69) is 34.1 Å². The Morgan fingerprint density at radius 2 is 1.67 bits per heavy atom. The van der Waals surface area contributed by atoms with Crippen LogP contribution in [0.4, 0.5) is 0 Å². The number of rotatable bonds is 4. The quantitative estimate of drug-likeness (QED) is 0.803. The van der Waals surface area contributed by atoms with Gasteiger partial charge in [-0.25, -0.2) is 0 Å². The molecule has 0 saturated carbocycles. The summed E-state index contributed by atoms with van der Waals surface area (Å²) in [7, 11) is 0.